The molecule has 0 aliphatic carbocycles. The van der Waals surface area contributed by atoms with Gasteiger partial charge >= 0.3 is 0 Å². The maximum absolute atomic E-state index is 5.47. The lowest BCUT2D eigenvalue weighted by Crippen LogP contribution is -2.12. The number of hydrogen-bond acceptors (Lipinski definition) is 4. The SMILES string of the molecule is CNC(C)c1coc(Cc2cccc(OC)c2)n1. The second kappa shape index (κ2) is 5.69. The third-order valence-corrected chi connectivity index (χ3v) is 2.94. The number of methoxy groups -OCH3 is 1. The second-order valence-corrected chi connectivity index (χ2v) is 4.20. The van der Waals surface area contributed by atoms with Gasteiger partial charge in [0.1, 0.15) is 12.0 Å². The molecule has 2 aromatic rings. The predicted octanol–water partition coefficient (Wildman–Crippen LogP) is 2.55. The van der Waals surface area contributed by atoms with E-state index in [0.29, 0.717) is 6.42 Å². The minimum atomic E-state index is 0.202. The Morgan fingerprint density at radius 3 is 3.00 bits per heavy atom. The molecular formula is C14H18N2O2. The monoisotopic (exact) mass is 246 g/mol. The van der Waals surface area contributed by atoms with Gasteiger partial charge in [0.15, 0.2) is 5.89 Å². The van der Waals surface area contributed by atoms with Gasteiger partial charge in [-0.1, -0.05) is 12.1 Å². The number of ether oxygens (including phenoxy) is 1. The highest BCUT2D eigenvalue weighted by molar-refractivity contribution is 5.30. The molecule has 0 aliphatic heterocycles. The van der Waals surface area contributed by atoms with E-state index in [9.17, 15) is 0 Å². The highest BCUT2D eigenvalue weighted by atomic mass is 16.5. The molecule has 18 heavy (non-hydrogen) atoms. The molecule has 0 aliphatic rings. The highest BCUT2D eigenvalue weighted by Crippen LogP contribution is 2.17. The van der Waals surface area contributed by atoms with Crippen LogP contribution in [-0.2, 0) is 6.42 Å². The molecule has 4 heteroatoms. The molecule has 0 radical (unpaired) electrons. The lowest BCUT2D eigenvalue weighted by Gasteiger charge is -2.04. The lowest BCUT2D eigenvalue weighted by atomic mass is 10.1. The van der Waals surface area contributed by atoms with Crippen molar-refractivity contribution in [2.75, 3.05) is 14.2 Å². The van der Waals surface area contributed by atoms with Crippen molar-refractivity contribution in [1.29, 1.82) is 0 Å². The summed E-state index contributed by atoms with van der Waals surface area (Å²) in [4.78, 5) is 4.46. The van der Waals surface area contributed by atoms with E-state index in [0.717, 1.165) is 22.9 Å². The van der Waals surface area contributed by atoms with Crippen LogP contribution in [0.1, 0.15) is 30.1 Å². The minimum Gasteiger partial charge on any atom is -0.497 e. The average molecular weight is 246 g/mol. The maximum Gasteiger partial charge on any atom is 0.198 e. The Hall–Kier alpha value is -1.81. The fourth-order valence-electron chi connectivity index (χ4n) is 1.71. The summed E-state index contributed by atoms with van der Waals surface area (Å²) in [5, 5.41) is 3.13. The van der Waals surface area contributed by atoms with Crippen LogP contribution < -0.4 is 10.1 Å². The van der Waals surface area contributed by atoms with E-state index >= 15 is 0 Å². The molecule has 1 aromatic heterocycles. The third kappa shape index (κ3) is 2.90. The Morgan fingerprint density at radius 2 is 2.28 bits per heavy atom. The van der Waals surface area contributed by atoms with Crippen LogP contribution in [0.15, 0.2) is 34.9 Å². The van der Waals surface area contributed by atoms with Crippen LogP contribution in [0.3, 0.4) is 0 Å². The highest BCUT2D eigenvalue weighted by Gasteiger charge is 2.10. The summed E-state index contributed by atoms with van der Waals surface area (Å²) in [6.45, 7) is 2.05. The molecule has 1 heterocycles. The van der Waals surface area contributed by atoms with E-state index in [1.165, 1.54) is 0 Å². The Morgan fingerprint density at radius 1 is 1.44 bits per heavy atom. The first-order valence-electron chi connectivity index (χ1n) is 5.97. The van der Waals surface area contributed by atoms with Crippen LogP contribution >= 0.6 is 0 Å². The van der Waals surface area contributed by atoms with E-state index in [2.05, 4.69) is 10.3 Å². The average Bonchev–Trinajstić information content (AvgIpc) is 2.86. The molecule has 2 rings (SSSR count). The van der Waals surface area contributed by atoms with Crippen molar-refractivity contribution in [1.82, 2.24) is 10.3 Å². The van der Waals surface area contributed by atoms with Crippen molar-refractivity contribution in [3.05, 3.63) is 47.7 Å². The molecule has 0 fully saturated rings. The van der Waals surface area contributed by atoms with E-state index in [-0.39, 0.29) is 6.04 Å². The number of aromatic nitrogens is 1. The molecule has 0 saturated heterocycles. The molecule has 1 N–H and O–H groups in total. The van der Waals surface area contributed by atoms with Gasteiger partial charge in [0, 0.05) is 12.5 Å². The van der Waals surface area contributed by atoms with Gasteiger partial charge < -0.3 is 14.5 Å². The molecule has 0 saturated carbocycles. The number of rotatable bonds is 5. The number of nitrogens with one attached hydrogen (secondary N) is 1. The van der Waals surface area contributed by atoms with Gasteiger partial charge in [-0.15, -0.1) is 0 Å². The summed E-state index contributed by atoms with van der Waals surface area (Å²) in [5.41, 5.74) is 2.05. The van der Waals surface area contributed by atoms with E-state index in [1.807, 2.05) is 38.2 Å². The third-order valence-electron chi connectivity index (χ3n) is 2.94. The first-order valence-corrected chi connectivity index (χ1v) is 5.97. The van der Waals surface area contributed by atoms with Gasteiger partial charge in [0.2, 0.25) is 0 Å². The summed E-state index contributed by atoms with van der Waals surface area (Å²) in [6, 6.07) is 8.12. The van der Waals surface area contributed by atoms with Gasteiger partial charge in [0.25, 0.3) is 0 Å². The summed E-state index contributed by atoms with van der Waals surface area (Å²) < 4.78 is 10.7. The number of nitrogens with zero attached hydrogens (tertiary/aromatic N) is 1. The van der Waals surface area contributed by atoms with Crippen LogP contribution in [0.5, 0.6) is 5.75 Å². The molecule has 1 unspecified atom stereocenters. The minimum absolute atomic E-state index is 0.202. The van der Waals surface area contributed by atoms with Crippen LogP contribution in [0.4, 0.5) is 0 Å². The zero-order valence-corrected chi connectivity index (χ0v) is 10.9. The van der Waals surface area contributed by atoms with Crippen LogP contribution in [0.25, 0.3) is 0 Å². The normalized spacial score (nSPS) is 12.4. The van der Waals surface area contributed by atoms with Gasteiger partial charge in [-0.05, 0) is 31.7 Å². The van der Waals surface area contributed by atoms with Gasteiger partial charge in [0.05, 0.1) is 12.8 Å². The number of oxazole rings is 1. The number of benzene rings is 1. The van der Waals surface area contributed by atoms with Gasteiger partial charge in [-0.2, -0.15) is 0 Å². The quantitative estimate of drug-likeness (QED) is 0.880. The number of hydrogen-bond donors (Lipinski definition) is 1. The molecule has 0 bridgehead atoms. The fourth-order valence-corrected chi connectivity index (χ4v) is 1.71. The van der Waals surface area contributed by atoms with Gasteiger partial charge in [-0.25, -0.2) is 4.98 Å². The lowest BCUT2D eigenvalue weighted by molar-refractivity contribution is 0.414. The first-order chi connectivity index (χ1) is 8.72. The van der Waals surface area contributed by atoms with Crippen molar-refractivity contribution in [2.45, 2.75) is 19.4 Å². The molecule has 0 amide bonds. The van der Waals surface area contributed by atoms with Crippen molar-refractivity contribution in [3.8, 4) is 5.75 Å². The maximum atomic E-state index is 5.47. The van der Waals surface area contributed by atoms with E-state index in [1.54, 1.807) is 13.4 Å². The fraction of sp³-hybridized carbons (Fsp3) is 0.357. The van der Waals surface area contributed by atoms with Crippen LogP contribution in [0.2, 0.25) is 0 Å². The summed E-state index contributed by atoms with van der Waals surface area (Å²) in [7, 11) is 3.57. The molecule has 0 spiro atoms. The zero-order valence-electron chi connectivity index (χ0n) is 10.9. The Labute approximate surface area is 107 Å². The molecular weight excluding hydrogens is 228 g/mol. The standard InChI is InChI=1S/C14H18N2O2/c1-10(15-2)13-9-18-14(16-13)8-11-5-4-6-12(7-11)17-3/h4-7,9-10,15H,8H2,1-3H3. The van der Waals surface area contributed by atoms with Gasteiger partial charge in [-0.3, -0.25) is 0 Å². The summed E-state index contributed by atoms with van der Waals surface area (Å²) >= 11 is 0. The van der Waals surface area contributed by atoms with Crippen LogP contribution in [-0.4, -0.2) is 19.1 Å². The topological polar surface area (TPSA) is 47.3 Å². The Bertz CT molecular complexity index is 508. The van der Waals surface area contributed by atoms with E-state index in [4.69, 9.17) is 9.15 Å². The van der Waals surface area contributed by atoms with Crippen molar-refractivity contribution >= 4 is 0 Å². The van der Waals surface area contributed by atoms with Crippen molar-refractivity contribution < 1.29 is 9.15 Å². The van der Waals surface area contributed by atoms with E-state index < -0.39 is 0 Å². The van der Waals surface area contributed by atoms with Crippen molar-refractivity contribution in [3.63, 3.8) is 0 Å². The van der Waals surface area contributed by atoms with Crippen LogP contribution in [0, 0.1) is 0 Å². The smallest absolute Gasteiger partial charge is 0.198 e. The first kappa shape index (κ1) is 12.6. The Kier molecular flexibility index (Phi) is 3.99. The molecule has 4 nitrogen and oxygen atoms in total. The molecule has 1 atom stereocenters. The largest absolute Gasteiger partial charge is 0.497 e. The summed E-state index contributed by atoms with van der Waals surface area (Å²) in [5.74, 6) is 1.57. The zero-order chi connectivity index (χ0) is 13.0. The Balaban J connectivity index is 2.11. The molecule has 1 aromatic carbocycles. The van der Waals surface area contributed by atoms with Crippen molar-refractivity contribution in [2.24, 2.45) is 0 Å². The second-order valence-electron chi connectivity index (χ2n) is 4.20. The molecule has 96 valence electrons. The predicted molar refractivity (Wildman–Crippen MR) is 69.8 cm³/mol. The summed E-state index contributed by atoms with van der Waals surface area (Å²) in [6.07, 6.45) is 2.38.